The molecule has 3 aromatic rings. The molecule has 110 valence electrons. The molecule has 0 radical (unpaired) electrons. The average Bonchev–Trinajstić information content (AvgIpc) is 3.07. The van der Waals surface area contributed by atoms with Gasteiger partial charge in [-0.15, -0.1) is 0 Å². The first-order valence-electron chi connectivity index (χ1n) is 6.77. The molecule has 0 saturated carbocycles. The molecular weight excluding hydrogens is 300 g/mol. The molecule has 4 rings (SSSR count). The summed E-state index contributed by atoms with van der Waals surface area (Å²) in [5, 5.41) is 8.47. The number of furan rings is 1. The smallest absolute Gasteiger partial charge is 0.325 e. The van der Waals surface area contributed by atoms with Crippen LogP contribution in [0.4, 0.5) is 5.69 Å². The number of para-hydroxylation sites is 1. The van der Waals surface area contributed by atoms with Crippen molar-refractivity contribution in [1.29, 1.82) is 0 Å². The lowest BCUT2D eigenvalue weighted by molar-refractivity contribution is -0.761. The Bertz CT molecular complexity index is 889. The first-order valence-corrected chi connectivity index (χ1v) is 8.00. The van der Waals surface area contributed by atoms with Gasteiger partial charge < -0.3 is 9.73 Å². The second-order valence-corrected chi connectivity index (χ2v) is 5.66. The molecule has 6 nitrogen and oxygen atoms in total. The van der Waals surface area contributed by atoms with Crippen LogP contribution in [0.2, 0.25) is 0 Å². The zero-order chi connectivity index (χ0) is 15.1. The molecule has 0 unspecified atom stereocenters. The van der Waals surface area contributed by atoms with Crippen LogP contribution < -0.4 is 15.6 Å². The maximum Gasteiger partial charge on any atom is 0.325 e. The summed E-state index contributed by atoms with van der Waals surface area (Å²) < 4.78 is 7.20. The highest BCUT2D eigenvalue weighted by molar-refractivity contribution is 7.98. The molecule has 0 spiro atoms. The molecule has 7 heteroatoms. The lowest BCUT2D eigenvalue weighted by Crippen LogP contribution is -2.55. The van der Waals surface area contributed by atoms with E-state index in [1.54, 1.807) is 10.9 Å². The van der Waals surface area contributed by atoms with Crippen molar-refractivity contribution in [2.24, 2.45) is 0 Å². The number of fused-ring (bicyclic) bond motifs is 3. The molecule has 0 fully saturated rings. The maximum absolute atomic E-state index is 12.5. The zero-order valence-corrected chi connectivity index (χ0v) is 12.6. The van der Waals surface area contributed by atoms with Gasteiger partial charge in [0.25, 0.3) is 0 Å². The molecule has 1 atom stereocenters. The van der Waals surface area contributed by atoms with E-state index in [2.05, 4.69) is 15.4 Å². The van der Waals surface area contributed by atoms with Crippen LogP contribution in [0.1, 0.15) is 11.9 Å². The molecule has 0 aliphatic carbocycles. The number of aromatic amines is 1. The summed E-state index contributed by atoms with van der Waals surface area (Å²) in [6.45, 7) is 0. The van der Waals surface area contributed by atoms with Crippen LogP contribution in [-0.2, 0) is 0 Å². The van der Waals surface area contributed by atoms with Crippen LogP contribution in [-0.4, -0.2) is 16.3 Å². The molecular formula is C15H13N4O2S+. The molecule has 0 saturated heterocycles. The highest BCUT2D eigenvalue weighted by Gasteiger charge is 2.38. The topological polar surface area (TPSA) is 74.8 Å². The number of rotatable bonds is 2. The fourth-order valence-electron chi connectivity index (χ4n) is 2.62. The van der Waals surface area contributed by atoms with E-state index in [0.29, 0.717) is 16.6 Å². The van der Waals surface area contributed by atoms with Crippen molar-refractivity contribution in [2.75, 3.05) is 11.6 Å². The number of benzene rings is 1. The Morgan fingerprint density at radius 3 is 2.91 bits per heavy atom. The summed E-state index contributed by atoms with van der Waals surface area (Å²) in [6.07, 6.45) is 3.13. The molecule has 1 aliphatic rings. The van der Waals surface area contributed by atoms with Gasteiger partial charge in [-0.05, 0) is 35.2 Å². The van der Waals surface area contributed by atoms with E-state index >= 15 is 0 Å². The number of H-pyrrole nitrogens is 1. The van der Waals surface area contributed by atoms with E-state index in [1.165, 1.54) is 11.8 Å². The van der Waals surface area contributed by atoms with E-state index in [-0.39, 0.29) is 11.7 Å². The third-order valence-corrected chi connectivity index (χ3v) is 4.16. The maximum atomic E-state index is 12.5. The predicted octanol–water partition coefficient (Wildman–Crippen LogP) is 2.01. The zero-order valence-electron chi connectivity index (χ0n) is 11.7. The lowest BCUT2D eigenvalue weighted by atomic mass is 10.1. The minimum atomic E-state index is -0.354. The highest BCUT2D eigenvalue weighted by atomic mass is 32.2. The largest absolute Gasteiger partial charge is 0.460 e. The molecule has 0 bridgehead atoms. The quantitative estimate of drug-likeness (QED) is 0.559. The van der Waals surface area contributed by atoms with Gasteiger partial charge in [0.15, 0.2) is 5.76 Å². The SMILES string of the molecule is CSc1n[n+]2c(c(=O)[nH]1)-c1ccccc1N[C@H]2c1ccco1. The highest BCUT2D eigenvalue weighted by Crippen LogP contribution is 2.31. The van der Waals surface area contributed by atoms with Gasteiger partial charge in [-0.3, -0.25) is 9.78 Å². The van der Waals surface area contributed by atoms with Crippen molar-refractivity contribution >= 4 is 17.4 Å². The van der Waals surface area contributed by atoms with Crippen molar-refractivity contribution in [3.8, 4) is 11.3 Å². The van der Waals surface area contributed by atoms with Crippen molar-refractivity contribution in [3.05, 3.63) is 58.8 Å². The van der Waals surface area contributed by atoms with Gasteiger partial charge in [-0.25, -0.2) is 0 Å². The summed E-state index contributed by atoms with van der Waals surface area (Å²) in [6, 6.07) is 11.4. The molecule has 2 N–H and O–H groups in total. The fraction of sp³-hybridized carbons (Fsp3) is 0.133. The molecule has 22 heavy (non-hydrogen) atoms. The third kappa shape index (κ3) is 1.93. The first kappa shape index (κ1) is 13.1. The summed E-state index contributed by atoms with van der Waals surface area (Å²) in [7, 11) is 0. The third-order valence-electron chi connectivity index (χ3n) is 3.59. The van der Waals surface area contributed by atoms with E-state index in [1.807, 2.05) is 42.7 Å². The number of anilines is 1. The van der Waals surface area contributed by atoms with Gasteiger partial charge in [0.2, 0.25) is 5.16 Å². The Balaban J connectivity index is 2.02. The Morgan fingerprint density at radius 2 is 2.14 bits per heavy atom. The van der Waals surface area contributed by atoms with Gasteiger partial charge in [0.1, 0.15) is 0 Å². The summed E-state index contributed by atoms with van der Waals surface area (Å²) in [5.74, 6) is 0.700. The monoisotopic (exact) mass is 313 g/mol. The van der Waals surface area contributed by atoms with Crippen LogP contribution >= 0.6 is 11.8 Å². The predicted molar refractivity (Wildman–Crippen MR) is 82.7 cm³/mol. The minimum absolute atomic E-state index is 0.162. The Kier molecular flexibility index (Phi) is 3.00. The molecule has 1 aromatic carbocycles. The van der Waals surface area contributed by atoms with Crippen LogP contribution in [0.5, 0.6) is 0 Å². The average molecular weight is 313 g/mol. The van der Waals surface area contributed by atoms with E-state index in [0.717, 1.165) is 11.3 Å². The van der Waals surface area contributed by atoms with Crippen molar-refractivity contribution in [3.63, 3.8) is 0 Å². The van der Waals surface area contributed by atoms with Gasteiger partial charge in [0, 0.05) is 5.10 Å². The second kappa shape index (κ2) is 5.03. The Morgan fingerprint density at radius 1 is 1.27 bits per heavy atom. The number of hydrogen-bond donors (Lipinski definition) is 2. The fourth-order valence-corrected chi connectivity index (χ4v) is 2.98. The van der Waals surface area contributed by atoms with Gasteiger partial charge in [0.05, 0.1) is 17.5 Å². The van der Waals surface area contributed by atoms with Crippen molar-refractivity contribution in [2.45, 2.75) is 11.3 Å². The number of nitrogens with zero attached hydrogens (tertiary/aromatic N) is 2. The molecule has 1 aliphatic heterocycles. The van der Waals surface area contributed by atoms with Gasteiger partial charge >= 0.3 is 17.4 Å². The normalized spacial score (nSPS) is 15.8. The van der Waals surface area contributed by atoms with Crippen LogP contribution in [0.15, 0.2) is 57.0 Å². The molecule has 0 amide bonds. The van der Waals surface area contributed by atoms with Gasteiger partial charge in [-0.1, -0.05) is 23.9 Å². The summed E-state index contributed by atoms with van der Waals surface area (Å²) in [4.78, 5) is 15.3. The number of hydrogen-bond acceptors (Lipinski definition) is 5. The lowest BCUT2D eigenvalue weighted by Gasteiger charge is -2.20. The molecule has 2 aromatic heterocycles. The van der Waals surface area contributed by atoms with Gasteiger partial charge in [-0.2, -0.15) is 0 Å². The van der Waals surface area contributed by atoms with E-state index < -0.39 is 0 Å². The number of thioether (sulfide) groups is 1. The Hall–Kier alpha value is -2.54. The van der Waals surface area contributed by atoms with Crippen molar-refractivity contribution < 1.29 is 9.10 Å². The van der Waals surface area contributed by atoms with Crippen LogP contribution in [0, 0.1) is 0 Å². The number of aromatic nitrogens is 3. The minimum Gasteiger partial charge on any atom is -0.460 e. The summed E-state index contributed by atoms with van der Waals surface area (Å²) >= 11 is 1.39. The van der Waals surface area contributed by atoms with E-state index in [9.17, 15) is 4.79 Å². The van der Waals surface area contributed by atoms with Crippen molar-refractivity contribution in [1.82, 2.24) is 10.1 Å². The number of nitrogens with one attached hydrogen (secondary N) is 2. The standard InChI is InChI=1S/C15H12N4O2S/c1-22-15-17-14(20)12-9-5-2-3-6-10(9)16-13(19(12)18-15)11-7-4-8-21-11/h2-8,13H,1H3,(H,17,18,20)/p+1/t13-/m1/s1. The first-order chi connectivity index (χ1) is 10.8. The van der Waals surface area contributed by atoms with E-state index in [4.69, 9.17) is 4.42 Å². The molecule has 3 heterocycles. The van der Waals surface area contributed by atoms with Crippen LogP contribution in [0.25, 0.3) is 11.3 Å². The van der Waals surface area contributed by atoms with Crippen LogP contribution in [0.3, 0.4) is 0 Å². The summed E-state index contributed by atoms with van der Waals surface area (Å²) in [5.41, 5.74) is 2.07. The Labute approximate surface area is 130 Å². The second-order valence-electron chi connectivity index (χ2n) is 4.86.